The lowest BCUT2D eigenvalue weighted by molar-refractivity contribution is 0.183. The van der Waals surface area contributed by atoms with Crippen molar-refractivity contribution in [3.05, 3.63) is 82.0 Å². The minimum atomic E-state index is 0.458. The lowest BCUT2D eigenvalue weighted by Gasteiger charge is -2.26. The Morgan fingerprint density at radius 3 is 1.80 bits per heavy atom. The van der Waals surface area contributed by atoms with Crippen molar-refractivity contribution in [1.29, 1.82) is 0 Å². The van der Waals surface area contributed by atoms with Crippen LogP contribution in [0.5, 0.6) is 11.5 Å². The Hall–Kier alpha value is -4.37. The summed E-state index contributed by atoms with van der Waals surface area (Å²) in [5.41, 5.74) is 13.0. The first-order chi connectivity index (χ1) is 26.8. The van der Waals surface area contributed by atoms with E-state index < -0.39 is 0 Å². The Labute approximate surface area is 339 Å². The van der Waals surface area contributed by atoms with Crippen LogP contribution in [0.3, 0.4) is 0 Å². The van der Waals surface area contributed by atoms with Crippen LogP contribution in [-0.4, -0.2) is 86.8 Å². The number of halogens is 2. The van der Waals surface area contributed by atoms with Crippen LogP contribution in [0.25, 0.3) is 33.6 Å². The maximum Gasteiger partial charge on any atom is 0.300 e. The van der Waals surface area contributed by atoms with Crippen molar-refractivity contribution < 1.29 is 13.9 Å². The molecule has 3 aromatic carbocycles. The monoisotopic (exact) mass is 873 g/mol. The highest BCUT2D eigenvalue weighted by Gasteiger charge is 2.19. The smallest absolute Gasteiger partial charge is 0.300 e. The second-order valence-electron chi connectivity index (χ2n) is 14.0. The molecule has 3 aromatic heterocycles. The number of piperidine rings is 2. The van der Waals surface area contributed by atoms with Crippen molar-refractivity contribution in [3.8, 4) is 34.0 Å². The number of hydrogen-bond acceptors (Lipinski definition) is 10. The van der Waals surface area contributed by atoms with Gasteiger partial charge in [-0.3, -0.25) is 19.2 Å². The van der Waals surface area contributed by atoms with Crippen LogP contribution in [0, 0.1) is 0 Å². The van der Waals surface area contributed by atoms with Crippen molar-refractivity contribution in [2.75, 3.05) is 63.5 Å². The van der Waals surface area contributed by atoms with Gasteiger partial charge < -0.3 is 24.9 Å². The maximum atomic E-state index is 6.26. The van der Waals surface area contributed by atoms with Gasteiger partial charge in [-0.15, -0.1) is 0 Å². The van der Waals surface area contributed by atoms with E-state index in [9.17, 15) is 0 Å². The summed E-state index contributed by atoms with van der Waals surface area (Å²) in [5, 5.41) is 11.9. The molecule has 14 heteroatoms. The third-order valence-corrected chi connectivity index (χ3v) is 11.2. The van der Waals surface area contributed by atoms with Crippen LogP contribution in [-0.2, 0) is 14.1 Å². The van der Waals surface area contributed by atoms with Crippen LogP contribution in [0.2, 0.25) is 0 Å². The first kappa shape index (κ1) is 38.9. The van der Waals surface area contributed by atoms with E-state index in [0.717, 1.165) is 91.6 Å². The normalized spacial score (nSPS) is 15.1. The molecule has 0 spiro atoms. The zero-order chi connectivity index (χ0) is 38.1. The number of rotatable bonds is 12. The Bertz CT molecular complexity index is 2100. The maximum absolute atomic E-state index is 6.26. The molecule has 6 aromatic rings. The summed E-state index contributed by atoms with van der Waals surface area (Å²) in [7, 11) is 3.85. The highest BCUT2D eigenvalue weighted by Crippen LogP contribution is 2.38. The third-order valence-electron chi connectivity index (χ3n) is 10.1. The number of aryl methyl sites for hydroxylation is 2. The average molecular weight is 876 g/mol. The summed E-state index contributed by atoms with van der Waals surface area (Å²) in [5.74, 6) is 1.68. The van der Waals surface area contributed by atoms with E-state index in [1.54, 1.807) is 12.4 Å². The second kappa shape index (κ2) is 18.5. The van der Waals surface area contributed by atoms with E-state index in [1.807, 2.05) is 84.1 Å². The number of para-hydroxylation sites is 2. The SMILES string of the molecule is Cn1ncc(Br)c1-c1cc(N)ccc1OCCN1CCCCC1.Cn1ncc(Br)c1-c1cc(Nc2nc3ccccc3o2)ccc1OCCN1CCCCC1. The number of nitrogens with zero attached hydrogens (tertiary/aromatic N) is 7. The van der Waals surface area contributed by atoms with Gasteiger partial charge in [-0.05, 0) is 132 Å². The molecule has 2 saturated heterocycles. The zero-order valence-electron chi connectivity index (χ0n) is 31.5. The Kier molecular flexibility index (Phi) is 13.1. The first-order valence-electron chi connectivity index (χ1n) is 19.0. The van der Waals surface area contributed by atoms with Gasteiger partial charge in [-0.25, -0.2) is 0 Å². The van der Waals surface area contributed by atoms with Gasteiger partial charge >= 0.3 is 0 Å². The van der Waals surface area contributed by atoms with Crippen molar-refractivity contribution in [1.82, 2.24) is 34.3 Å². The number of nitrogens with one attached hydrogen (secondary N) is 1. The molecule has 5 heterocycles. The fourth-order valence-electron chi connectivity index (χ4n) is 7.19. The average Bonchev–Trinajstić information content (AvgIpc) is 3.88. The molecule has 0 aliphatic carbocycles. The molecule has 290 valence electrons. The molecule has 0 bridgehead atoms. The summed E-state index contributed by atoms with van der Waals surface area (Å²) >= 11 is 7.19. The number of nitrogen functional groups attached to an aromatic ring is 1. The number of anilines is 3. The molecule has 0 radical (unpaired) electrons. The lowest BCUT2D eigenvalue weighted by Crippen LogP contribution is -2.33. The van der Waals surface area contributed by atoms with Gasteiger partial charge in [0.05, 0.1) is 32.7 Å². The van der Waals surface area contributed by atoms with Crippen LogP contribution in [0.1, 0.15) is 38.5 Å². The number of oxazole rings is 1. The van der Waals surface area contributed by atoms with Crippen molar-refractivity contribution in [2.45, 2.75) is 38.5 Å². The molecule has 3 N–H and O–H groups in total. The molecule has 55 heavy (non-hydrogen) atoms. The Morgan fingerprint density at radius 1 is 0.709 bits per heavy atom. The van der Waals surface area contributed by atoms with Gasteiger partial charge in [-0.1, -0.05) is 25.0 Å². The van der Waals surface area contributed by atoms with Gasteiger partial charge in [0.2, 0.25) is 0 Å². The number of benzene rings is 3. The number of hydrogen-bond donors (Lipinski definition) is 2. The first-order valence-corrected chi connectivity index (χ1v) is 20.6. The molecule has 2 aliphatic heterocycles. The van der Waals surface area contributed by atoms with Crippen LogP contribution >= 0.6 is 31.9 Å². The summed E-state index contributed by atoms with van der Waals surface area (Å²) < 4.78 is 23.7. The third kappa shape index (κ3) is 9.90. The number of nitrogens with two attached hydrogens (primary N) is 1. The molecule has 0 saturated carbocycles. The van der Waals surface area contributed by atoms with Gasteiger partial charge in [0.25, 0.3) is 6.01 Å². The topological polar surface area (TPSA) is 125 Å². The molecule has 12 nitrogen and oxygen atoms in total. The molecular formula is C41H49Br2N9O3. The number of ether oxygens (including phenoxy) is 2. The van der Waals surface area contributed by atoms with Crippen LogP contribution < -0.4 is 20.5 Å². The number of aromatic nitrogens is 5. The Balaban J connectivity index is 0.000000179. The van der Waals surface area contributed by atoms with E-state index in [0.29, 0.717) is 19.2 Å². The molecule has 0 atom stereocenters. The van der Waals surface area contributed by atoms with Crippen molar-refractivity contribution in [2.24, 2.45) is 14.1 Å². The zero-order valence-corrected chi connectivity index (χ0v) is 34.7. The van der Waals surface area contributed by atoms with E-state index in [1.165, 1.54) is 51.6 Å². The minimum absolute atomic E-state index is 0.458. The minimum Gasteiger partial charge on any atom is -0.492 e. The summed E-state index contributed by atoms with van der Waals surface area (Å²) in [6.45, 7) is 7.95. The van der Waals surface area contributed by atoms with Crippen molar-refractivity contribution in [3.63, 3.8) is 0 Å². The van der Waals surface area contributed by atoms with E-state index >= 15 is 0 Å². The molecule has 0 amide bonds. The highest BCUT2D eigenvalue weighted by molar-refractivity contribution is 9.11. The second-order valence-corrected chi connectivity index (χ2v) is 15.7. The molecule has 2 fully saturated rings. The molecule has 2 aliphatic rings. The molecule has 0 unspecified atom stereocenters. The van der Waals surface area contributed by atoms with Gasteiger partial charge in [0, 0.05) is 49.7 Å². The van der Waals surface area contributed by atoms with E-state index in [4.69, 9.17) is 19.6 Å². The molecular weight excluding hydrogens is 826 g/mol. The predicted molar refractivity (Wildman–Crippen MR) is 226 cm³/mol. The van der Waals surface area contributed by atoms with Crippen molar-refractivity contribution >= 4 is 60.3 Å². The van der Waals surface area contributed by atoms with E-state index in [-0.39, 0.29) is 0 Å². The standard InChI is InChI=1S/C24H26BrN5O2.C17H23BrN4O/c1-29-23(19(25)16-26-29)18-15-17(27-24-28-20-7-3-4-8-22(20)32-24)9-10-21(18)31-14-13-30-11-5-2-6-12-30;1-21-17(15(18)12-20-21)14-11-13(19)5-6-16(14)23-10-9-22-7-3-2-4-8-22/h3-4,7-10,15-16H,2,5-6,11-14H2,1H3,(H,27,28);5-6,11-12H,2-4,7-10,19H2,1H3. The summed E-state index contributed by atoms with van der Waals surface area (Å²) in [4.78, 5) is 9.47. The van der Waals surface area contributed by atoms with Crippen LogP contribution in [0.15, 0.2) is 86.4 Å². The number of fused-ring (bicyclic) bond motifs is 1. The lowest BCUT2D eigenvalue weighted by atomic mass is 10.1. The van der Waals surface area contributed by atoms with Gasteiger partial charge in [0.1, 0.15) is 30.2 Å². The summed E-state index contributed by atoms with van der Waals surface area (Å²) in [6, 6.07) is 20.0. The van der Waals surface area contributed by atoms with Gasteiger partial charge in [0.15, 0.2) is 5.58 Å². The predicted octanol–water partition coefficient (Wildman–Crippen LogP) is 8.90. The Morgan fingerprint density at radius 2 is 1.25 bits per heavy atom. The largest absolute Gasteiger partial charge is 0.492 e. The fraction of sp³-hybridized carbons (Fsp3) is 0.390. The summed E-state index contributed by atoms with van der Waals surface area (Å²) in [6.07, 6.45) is 11.4. The van der Waals surface area contributed by atoms with Gasteiger partial charge in [-0.2, -0.15) is 15.2 Å². The molecule has 8 rings (SSSR count). The number of likely N-dealkylation sites (tertiary alicyclic amines) is 2. The highest BCUT2D eigenvalue weighted by atomic mass is 79.9. The fourth-order valence-corrected chi connectivity index (χ4v) is 8.31. The van der Waals surface area contributed by atoms with Crippen LogP contribution in [0.4, 0.5) is 17.4 Å². The van der Waals surface area contributed by atoms with E-state index in [2.05, 4.69) is 62.2 Å². The quantitative estimate of drug-likeness (QED) is 0.115.